The second kappa shape index (κ2) is 13.0. The fourth-order valence-corrected chi connectivity index (χ4v) is 10.8. The highest BCUT2D eigenvalue weighted by molar-refractivity contribution is 6.10. The fourth-order valence-electron chi connectivity index (χ4n) is 10.8. The molecule has 0 N–H and O–H groups in total. The Morgan fingerprint density at radius 2 is 0.885 bits per heavy atom. The molecule has 0 atom stereocenters. The molecule has 2 aliphatic rings. The van der Waals surface area contributed by atoms with Crippen LogP contribution >= 0.6 is 0 Å². The van der Waals surface area contributed by atoms with Gasteiger partial charge in [-0.25, -0.2) is 0 Å². The first kappa shape index (κ1) is 34.0. The van der Waals surface area contributed by atoms with Gasteiger partial charge in [0.1, 0.15) is 0 Å². The lowest BCUT2D eigenvalue weighted by atomic mass is 9.70. The van der Waals surface area contributed by atoms with E-state index in [1.165, 1.54) is 88.2 Å². The molecular formula is C59H38N2. The van der Waals surface area contributed by atoms with E-state index in [2.05, 4.69) is 240 Å². The maximum atomic E-state index is 2.47. The topological polar surface area (TPSA) is 8.17 Å². The second-order valence-corrected chi connectivity index (χ2v) is 16.5. The van der Waals surface area contributed by atoms with Crippen LogP contribution in [-0.2, 0) is 5.41 Å². The number of hydrogen-bond acceptors (Lipinski definition) is 1. The molecule has 0 saturated carbocycles. The van der Waals surface area contributed by atoms with Crippen molar-refractivity contribution in [2.75, 3.05) is 4.90 Å². The summed E-state index contributed by atoms with van der Waals surface area (Å²) in [5.74, 6) is 0. The summed E-state index contributed by atoms with van der Waals surface area (Å²) in [5.41, 5.74) is 19.4. The predicted octanol–water partition coefficient (Wildman–Crippen LogP) is 15.4. The molecule has 0 amide bonds. The Hall–Kier alpha value is -7.94. The molecule has 0 saturated heterocycles. The van der Waals surface area contributed by atoms with Crippen molar-refractivity contribution in [2.45, 2.75) is 5.41 Å². The molecule has 1 heterocycles. The smallest absolute Gasteiger partial charge is 0.0726 e. The summed E-state index contributed by atoms with van der Waals surface area (Å²) in [5, 5.41) is 4.98. The van der Waals surface area contributed by atoms with Crippen molar-refractivity contribution in [3.8, 4) is 39.1 Å². The van der Waals surface area contributed by atoms with Gasteiger partial charge in [0.05, 0.1) is 16.4 Å². The molecule has 2 nitrogen and oxygen atoms in total. The van der Waals surface area contributed by atoms with Crippen molar-refractivity contribution in [1.29, 1.82) is 0 Å². The molecule has 11 aromatic rings. The lowest BCUT2D eigenvalue weighted by molar-refractivity contribution is 0.793. The highest BCUT2D eigenvalue weighted by Gasteiger charge is 2.51. The first-order chi connectivity index (χ1) is 30.3. The van der Waals surface area contributed by atoms with Crippen LogP contribution in [0.1, 0.15) is 22.3 Å². The molecule has 0 aliphatic heterocycles. The lowest BCUT2D eigenvalue weighted by Gasteiger charge is -2.32. The number of fused-ring (bicyclic) bond motifs is 14. The molecule has 1 spiro atoms. The second-order valence-electron chi connectivity index (χ2n) is 16.5. The fraction of sp³-hybridized carbons (Fsp3) is 0.0169. The molecule has 1 aromatic heterocycles. The largest absolute Gasteiger partial charge is 0.310 e. The summed E-state index contributed by atoms with van der Waals surface area (Å²) >= 11 is 0. The van der Waals surface area contributed by atoms with Crippen LogP contribution in [0.5, 0.6) is 0 Å². The standard InChI is InChI=1S/C59H38N2/c1-2-18-43(19-3-1)60(46-32-34-50-49-23-8-12-27-55(49)59(56(50)38-46)53-25-10-6-21-47(53)48-22-7-11-26-54(48)59)44-20-14-17-41(36-44)42-30-33-52-51-24-9-13-28-57(51)61(58(52)37-42)45-31-29-39-15-4-5-16-40(39)35-45/h1-38H. The minimum absolute atomic E-state index is 0.418. The van der Waals surface area contributed by atoms with Gasteiger partial charge in [0.15, 0.2) is 0 Å². The molecule has 0 fully saturated rings. The Balaban J connectivity index is 0.992. The van der Waals surface area contributed by atoms with Crippen molar-refractivity contribution >= 4 is 49.6 Å². The van der Waals surface area contributed by atoms with E-state index in [1.54, 1.807) is 0 Å². The number of aromatic nitrogens is 1. The third-order valence-electron chi connectivity index (χ3n) is 13.4. The van der Waals surface area contributed by atoms with E-state index in [1.807, 2.05) is 0 Å². The molecule has 2 heteroatoms. The first-order valence-corrected chi connectivity index (χ1v) is 21.2. The number of benzene rings is 10. The van der Waals surface area contributed by atoms with Crippen LogP contribution in [0.15, 0.2) is 231 Å². The summed E-state index contributed by atoms with van der Waals surface area (Å²) in [4.78, 5) is 2.43. The van der Waals surface area contributed by atoms with E-state index in [4.69, 9.17) is 0 Å². The SMILES string of the molecule is c1ccc(N(c2cccc(-c3ccc4c5ccccc5n(-c5ccc6ccccc6c5)c4c3)c2)c2ccc3c(c2)C2(c4ccccc4-c4ccccc42)c2ccccc2-3)cc1. The number of anilines is 3. The Labute approximate surface area is 354 Å². The zero-order valence-corrected chi connectivity index (χ0v) is 33.3. The van der Waals surface area contributed by atoms with Crippen LogP contribution in [0.3, 0.4) is 0 Å². The average Bonchev–Trinajstić information content (AvgIpc) is 3.93. The quantitative estimate of drug-likeness (QED) is 0.169. The van der Waals surface area contributed by atoms with Gasteiger partial charge in [0.2, 0.25) is 0 Å². The third-order valence-corrected chi connectivity index (χ3v) is 13.4. The van der Waals surface area contributed by atoms with E-state index >= 15 is 0 Å². The van der Waals surface area contributed by atoms with E-state index in [-0.39, 0.29) is 0 Å². The van der Waals surface area contributed by atoms with Gasteiger partial charge in [0, 0.05) is 33.5 Å². The maximum absolute atomic E-state index is 2.47. The zero-order valence-electron chi connectivity index (χ0n) is 33.3. The van der Waals surface area contributed by atoms with Crippen molar-refractivity contribution in [3.63, 3.8) is 0 Å². The van der Waals surface area contributed by atoms with E-state index in [0.717, 1.165) is 22.7 Å². The molecule has 13 rings (SSSR count). The van der Waals surface area contributed by atoms with Crippen LogP contribution in [0.25, 0.3) is 71.6 Å². The van der Waals surface area contributed by atoms with Crippen molar-refractivity contribution < 1.29 is 0 Å². The van der Waals surface area contributed by atoms with Gasteiger partial charge in [-0.3, -0.25) is 0 Å². The molecule has 10 aromatic carbocycles. The van der Waals surface area contributed by atoms with Crippen LogP contribution in [0.2, 0.25) is 0 Å². The summed E-state index contributed by atoms with van der Waals surface area (Å²) in [7, 11) is 0. The number of hydrogen-bond donors (Lipinski definition) is 0. The zero-order chi connectivity index (χ0) is 40.1. The Morgan fingerprint density at radius 3 is 1.64 bits per heavy atom. The predicted molar refractivity (Wildman–Crippen MR) is 255 cm³/mol. The van der Waals surface area contributed by atoms with Gasteiger partial charge < -0.3 is 9.47 Å². The van der Waals surface area contributed by atoms with Gasteiger partial charge in [0.25, 0.3) is 0 Å². The Bertz CT molecular complexity index is 3490. The monoisotopic (exact) mass is 774 g/mol. The molecular weight excluding hydrogens is 737 g/mol. The number of rotatable bonds is 5. The van der Waals surface area contributed by atoms with Gasteiger partial charge in [-0.2, -0.15) is 0 Å². The minimum atomic E-state index is -0.418. The first-order valence-electron chi connectivity index (χ1n) is 21.2. The maximum Gasteiger partial charge on any atom is 0.0726 e. The Morgan fingerprint density at radius 1 is 0.311 bits per heavy atom. The minimum Gasteiger partial charge on any atom is -0.310 e. The van der Waals surface area contributed by atoms with Crippen molar-refractivity contribution in [2.24, 2.45) is 0 Å². The molecule has 284 valence electrons. The summed E-state index contributed by atoms with van der Waals surface area (Å²) in [6, 6.07) is 85.3. The number of para-hydroxylation sites is 2. The van der Waals surface area contributed by atoms with Crippen LogP contribution in [0.4, 0.5) is 17.1 Å². The summed E-state index contributed by atoms with van der Waals surface area (Å²) < 4.78 is 2.43. The molecule has 0 bridgehead atoms. The normalized spacial score (nSPS) is 13.0. The van der Waals surface area contributed by atoms with Gasteiger partial charge in [-0.05, 0) is 127 Å². The number of nitrogens with zero attached hydrogens (tertiary/aromatic N) is 2. The molecule has 61 heavy (non-hydrogen) atoms. The van der Waals surface area contributed by atoms with E-state index < -0.39 is 5.41 Å². The van der Waals surface area contributed by atoms with E-state index in [0.29, 0.717) is 0 Å². The van der Waals surface area contributed by atoms with Gasteiger partial charge >= 0.3 is 0 Å². The highest BCUT2D eigenvalue weighted by atomic mass is 15.1. The lowest BCUT2D eigenvalue weighted by Crippen LogP contribution is -2.26. The van der Waals surface area contributed by atoms with Crippen LogP contribution in [-0.4, -0.2) is 4.57 Å². The molecule has 0 radical (unpaired) electrons. The highest BCUT2D eigenvalue weighted by Crippen LogP contribution is 2.63. The van der Waals surface area contributed by atoms with E-state index in [9.17, 15) is 0 Å². The average molecular weight is 775 g/mol. The van der Waals surface area contributed by atoms with Crippen molar-refractivity contribution in [3.05, 3.63) is 253 Å². The van der Waals surface area contributed by atoms with Gasteiger partial charge in [-0.15, -0.1) is 0 Å². The summed E-state index contributed by atoms with van der Waals surface area (Å²) in [6.07, 6.45) is 0. The van der Waals surface area contributed by atoms with Crippen LogP contribution in [0, 0.1) is 0 Å². The Kier molecular flexibility index (Phi) is 7.26. The van der Waals surface area contributed by atoms with Crippen LogP contribution < -0.4 is 4.90 Å². The third kappa shape index (κ3) is 4.85. The van der Waals surface area contributed by atoms with Gasteiger partial charge in [-0.1, -0.05) is 170 Å². The molecule has 2 aliphatic carbocycles. The van der Waals surface area contributed by atoms with Crippen molar-refractivity contribution in [1.82, 2.24) is 4.57 Å². The molecule has 0 unspecified atom stereocenters. The summed E-state index contributed by atoms with van der Waals surface area (Å²) in [6.45, 7) is 0.